The van der Waals surface area contributed by atoms with Gasteiger partial charge in [-0.1, -0.05) is 48.5 Å². The number of benzene rings is 3. The van der Waals surface area contributed by atoms with Gasteiger partial charge in [0, 0.05) is 18.7 Å². The molecule has 0 saturated carbocycles. The Balaban J connectivity index is 1.55. The maximum atomic E-state index is 12.8. The van der Waals surface area contributed by atoms with Crippen molar-refractivity contribution >= 4 is 5.69 Å². The summed E-state index contributed by atoms with van der Waals surface area (Å²) in [5.41, 5.74) is 1.91. The summed E-state index contributed by atoms with van der Waals surface area (Å²) in [6, 6.07) is 22.8. The third kappa shape index (κ3) is 5.78. The summed E-state index contributed by atoms with van der Waals surface area (Å²) in [4.78, 5) is 0. The minimum Gasteiger partial charge on any atom is -0.493 e. The fraction of sp³-hybridized carbons (Fsp3) is 0.182. The Hall–Kier alpha value is -2.95. The summed E-state index contributed by atoms with van der Waals surface area (Å²) in [6.45, 7) is 0.978. The number of alkyl halides is 3. The van der Waals surface area contributed by atoms with Gasteiger partial charge in [0.2, 0.25) is 0 Å². The number of hydrogen-bond donors (Lipinski definition) is 1. The quantitative estimate of drug-likeness (QED) is 0.555. The Labute approximate surface area is 156 Å². The summed E-state index contributed by atoms with van der Waals surface area (Å²) in [6.07, 6.45) is -3.53. The van der Waals surface area contributed by atoms with Gasteiger partial charge in [-0.2, -0.15) is 13.2 Å². The number of rotatable bonds is 7. The van der Waals surface area contributed by atoms with E-state index in [1.54, 1.807) is 6.07 Å². The van der Waals surface area contributed by atoms with E-state index in [4.69, 9.17) is 4.74 Å². The average Bonchev–Trinajstić information content (AvgIpc) is 2.67. The van der Waals surface area contributed by atoms with Gasteiger partial charge in [0.1, 0.15) is 5.75 Å². The van der Waals surface area contributed by atoms with Crippen molar-refractivity contribution in [3.05, 3.63) is 95.6 Å². The first kappa shape index (κ1) is 18.8. The number of anilines is 1. The van der Waals surface area contributed by atoms with E-state index in [0.717, 1.165) is 29.9 Å². The molecule has 0 amide bonds. The minimum absolute atomic E-state index is 0.414. The van der Waals surface area contributed by atoms with Crippen molar-refractivity contribution in [3.63, 3.8) is 0 Å². The first-order chi connectivity index (χ1) is 13.0. The van der Waals surface area contributed by atoms with Gasteiger partial charge in [0.15, 0.2) is 0 Å². The van der Waals surface area contributed by atoms with Gasteiger partial charge in [-0.25, -0.2) is 0 Å². The van der Waals surface area contributed by atoms with Crippen molar-refractivity contribution < 1.29 is 17.9 Å². The molecule has 1 N–H and O–H groups in total. The maximum Gasteiger partial charge on any atom is 0.416 e. The third-order valence-electron chi connectivity index (χ3n) is 4.09. The zero-order valence-electron chi connectivity index (χ0n) is 14.7. The zero-order valence-corrected chi connectivity index (χ0v) is 14.7. The molecule has 0 atom stereocenters. The Morgan fingerprint density at radius 1 is 0.778 bits per heavy atom. The van der Waals surface area contributed by atoms with Crippen LogP contribution in [-0.2, 0) is 19.1 Å². The fourth-order valence-electron chi connectivity index (χ4n) is 2.69. The number of ether oxygens (including phenoxy) is 1. The molecule has 0 unspecified atom stereocenters. The van der Waals surface area contributed by atoms with E-state index in [-0.39, 0.29) is 0 Å². The predicted octanol–water partition coefficient (Wildman–Crippen LogP) is 5.94. The molecule has 0 saturated heterocycles. The molecule has 3 aromatic rings. The molecular weight excluding hydrogens is 351 g/mol. The number of nitrogens with one attached hydrogen (secondary N) is 1. The van der Waals surface area contributed by atoms with E-state index >= 15 is 0 Å². The molecule has 0 radical (unpaired) electrons. The average molecular weight is 371 g/mol. The molecule has 0 fully saturated rings. The van der Waals surface area contributed by atoms with Crippen LogP contribution in [0.1, 0.15) is 16.7 Å². The molecule has 0 heterocycles. The summed E-state index contributed by atoms with van der Waals surface area (Å²) >= 11 is 0. The van der Waals surface area contributed by atoms with Crippen molar-refractivity contribution in [1.82, 2.24) is 0 Å². The molecular formula is C22H20F3NO. The first-order valence-electron chi connectivity index (χ1n) is 8.67. The lowest BCUT2D eigenvalue weighted by Gasteiger charge is -2.12. The van der Waals surface area contributed by atoms with Crippen molar-refractivity contribution in [3.8, 4) is 5.75 Å². The van der Waals surface area contributed by atoms with Crippen molar-refractivity contribution in [2.24, 2.45) is 0 Å². The molecule has 0 aliphatic rings. The second-order valence-electron chi connectivity index (χ2n) is 6.16. The van der Waals surface area contributed by atoms with Crippen LogP contribution in [0.5, 0.6) is 5.75 Å². The van der Waals surface area contributed by atoms with E-state index in [2.05, 4.69) is 17.4 Å². The highest BCUT2D eigenvalue weighted by molar-refractivity contribution is 5.47. The predicted molar refractivity (Wildman–Crippen MR) is 101 cm³/mol. The lowest BCUT2D eigenvalue weighted by Crippen LogP contribution is -2.06. The first-order valence-corrected chi connectivity index (χ1v) is 8.67. The SMILES string of the molecule is FC(F)(F)c1cccc(NCc2cccc(OCCc3ccccc3)c2)c1. The van der Waals surface area contributed by atoms with Crippen molar-refractivity contribution in [2.45, 2.75) is 19.1 Å². The molecule has 2 nitrogen and oxygen atoms in total. The Morgan fingerprint density at radius 2 is 1.52 bits per heavy atom. The molecule has 0 spiro atoms. The van der Waals surface area contributed by atoms with Gasteiger partial charge in [-0.15, -0.1) is 0 Å². The highest BCUT2D eigenvalue weighted by Crippen LogP contribution is 2.30. The van der Waals surface area contributed by atoms with Crippen LogP contribution in [-0.4, -0.2) is 6.61 Å². The fourth-order valence-corrected chi connectivity index (χ4v) is 2.69. The standard InChI is InChI=1S/C22H20F3NO/c23-22(24,25)19-9-5-10-20(15-19)26-16-18-8-4-11-21(14-18)27-13-12-17-6-2-1-3-7-17/h1-11,14-15,26H,12-13,16H2. The molecule has 0 aromatic heterocycles. The van der Waals surface area contributed by atoms with Crippen LogP contribution in [0.2, 0.25) is 0 Å². The third-order valence-corrected chi connectivity index (χ3v) is 4.09. The molecule has 140 valence electrons. The highest BCUT2D eigenvalue weighted by Gasteiger charge is 2.30. The monoisotopic (exact) mass is 371 g/mol. The summed E-state index contributed by atoms with van der Waals surface area (Å²) in [5.74, 6) is 0.745. The van der Waals surface area contributed by atoms with Crippen LogP contribution in [0.3, 0.4) is 0 Å². The Kier molecular flexibility index (Phi) is 6.01. The van der Waals surface area contributed by atoms with Crippen molar-refractivity contribution in [1.29, 1.82) is 0 Å². The van der Waals surface area contributed by atoms with Crippen LogP contribution in [0.4, 0.5) is 18.9 Å². The number of hydrogen-bond acceptors (Lipinski definition) is 2. The van der Waals surface area contributed by atoms with E-state index < -0.39 is 11.7 Å². The summed E-state index contributed by atoms with van der Waals surface area (Å²) in [5, 5.41) is 3.03. The van der Waals surface area contributed by atoms with Crippen LogP contribution >= 0.6 is 0 Å². The van der Waals surface area contributed by atoms with E-state index in [1.807, 2.05) is 42.5 Å². The van der Waals surface area contributed by atoms with Crippen LogP contribution in [0.25, 0.3) is 0 Å². The molecule has 0 aliphatic heterocycles. The van der Waals surface area contributed by atoms with E-state index in [0.29, 0.717) is 18.8 Å². The largest absolute Gasteiger partial charge is 0.493 e. The lowest BCUT2D eigenvalue weighted by atomic mass is 10.1. The zero-order chi connectivity index (χ0) is 19.1. The van der Waals surface area contributed by atoms with Gasteiger partial charge in [0.25, 0.3) is 0 Å². The Bertz CT molecular complexity index is 863. The molecule has 27 heavy (non-hydrogen) atoms. The van der Waals surface area contributed by atoms with E-state index in [1.165, 1.54) is 11.6 Å². The van der Waals surface area contributed by atoms with Gasteiger partial charge in [-0.05, 0) is 41.5 Å². The van der Waals surface area contributed by atoms with Gasteiger partial charge < -0.3 is 10.1 Å². The van der Waals surface area contributed by atoms with Crippen LogP contribution in [0, 0.1) is 0 Å². The van der Waals surface area contributed by atoms with E-state index in [9.17, 15) is 13.2 Å². The van der Waals surface area contributed by atoms with Crippen molar-refractivity contribution in [2.75, 3.05) is 11.9 Å². The maximum absolute atomic E-state index is 12.8. The van der Waals surface area contributed by atoms with Gasteiger partial charge in [0.05, 0.1) is 12.2 Å². The Morgan fingerprint density at radius 3 is 2.30 bits per heavy atom. The van der Waals surface area contributed by atoms with Crippen LogP contribution < -0.4 is 10.1 Å². The summed E-state index contributed by atoms with van der Waals surface area (Å²) < 4.78 is 44.1. The van der Waals surface area contributed by atoms with Gasteiger partial charge in [-0.3, -0.25) is 0 Å². The second kappa shape index (κ2) is 8.62. The molecule has 3 aromatic carbocycles. The minimum atomic E-state index is -4.34. The smallest absolute Gasteiger partial charge is 0.416 e. The van der Waals surface area contributed by atoms with Crippen LogP contribution in [0.15, 0.2) is 78.9 Å². The summed E-state index contributed by atoms with van der Waals surface area (Å²) in [7, 11) is 0. The second-order valence-corrected chi connectivity index (χ2v) is 6.16. The lowest BCUT2D eigenvalue weighted by molar-refractivity contribution is -0.137. The topological polar surface area (TPSA) is 21.3 Å². The molecule has 3 rings (SSSR count). The normalized spacial score (nSPS) is 11.2. The molecule has 5 heteroatoms. The molecule has 0 bridgehead atoms. The highest BCUT2D eigenvalue weighted by atomic mass is 19.4. The number of halogens is 3. The molecule has 0 aliphatic carbocycles. The van der Waals surface area contributed by atoms with Gasteiger partial charge >= 0.3 is 6.18 Å².